The Morgan fingerprint density at radius 2 is 1.89 bits per heavy atom. The molecule has 0 unspecified atom stereocenters. The summed E-state index contributed by atoms with van der Waals surface area (Å²) in [6.07, 6.45) is 7.07. The first kappa shape index (κ1) is 12.9. The predicted octanol–water partition coefficient (Wildman–Crippen LogP) is 2.05. The molecule has 1 fully saturated rings. The van der Waals surface area contributed by atoms with E-state index >= 15 is 0 Å². The Hall–Kier alpha value is -1.52. The van der Waals surface area contributed by atoms with Gasteiger partial charge in [-0.15, -0.1) is 6.58 Å². The van der Waals surface area contributed by atoms with Crippen LogP contribution in [0.5, 0.6) is 0 Å². The van der Waals surface area contributed by atoms with Crippen LogP contribution in [-0.4, -0.2) is 19.1 Å². The molecule has 1 aromatic carbocycles. The molecule has 0 saturated carbocycles. The lowest BCUT2D eigenvalue weighted by atomic mass is 10.1. The number of benzene rings is 1. The Balaban J connectivity index is 2.06. The normalized spacial score (nSPS) is 17.6. The van der Waals surface area contributed by atoms with Crippen molar-refractivity contribution in [3.05, 3.63) is 48.6 Å². The van der Waals surface area contributed by atoms with Gasteiger partial charge in [-0.05, 0) is 37.3 Å². The van der Waals surface area contributed by atoms with Gasteiger partial charge in [0.25, 0.3) is 0 Å². The van der Waals surface area contributed by atoms with Crippen LogP contribution >= 0.6 is 0 Å². The summed E-state index contributed by atoms with van der Waals surface area (Å²) in [5.74, 6) is 6.76. The molecule has 1 heterocycles. The van der Waals surface area contributed by atoms with E-state index in [1.54, 1.807) is 4.90 Å². The molecule has 2 rings (SSSR count). The van der Waals surface area contributed by atoms with Crippen LogP contribution in [0.2, 0.25) is 0 Å². The van der Waals surface area contributed by atoms with Gasteiger partial charge in [-0.2, -0.15) is 0 Å². The number of piperidine rings is 1. The van der Waals surface area contributed by atoms with Crippen molar-refractivity contribution in [1.29, 1.82) is 0 Å². The fourth-order valence-corrected chi connectivity index (χ4v) is 2.54. The summed E-state index contributed by atoms with van der Waals surface area (Å²) in [4.78, 5) is 1.64. The zero-order chi connectivity index (χ0) is 12.6. The summed E-state index contributed by atoms with van der Waals surface area (Å²) in [6.45, 7) is 6.40. The van der Waals surface area contributed by atoms with Crippen molar-refractivity contribution in [2.75, 3.05) is 13.1 Å². The van der Waals surface area contributed by atoms with E-state index in [0.29, 0.717) is 6.04 Å². The lowest BCUT2D eigenvalue weighted by molar-refractivity contribution is -0.921. The molecule has 94 valence electrons. The van der Waals surface area contributed by atoms with Gasteiger partial charge in [-0.1, -0.05) is 30.2 Å². The Kier molecular flexibility index (Phi) is 5.05. The highest BCUT2D eigenvalue weighted by Crippen LogP contribution is 1.99. The van der Waals surface area contributed by atoms with Crippen molar-refractivity contribution in [3.8, 4) is 11.8 Å². The van der Waals surface area contributed by atoms with E-state index in [2.05, 4.69) is 30.6 Å². The number of quaternary nitrogens is 1. The van der Waals surface area contributed by atoms with Gasteiger partial charge in [0.15, 0.2) is 6.04 Å². The minimum atomic E-state index is 0.419. The van der Waals surface area contributed by atoms with E-state index in [4.69, 9.17) is 0 Å². The zero-order valence-corrected chi connectivity index (χ0v) is 11.0. The lowest BCUT2D eigenvalue weighted by Crippen LogP contribution is -3.16. The third kappa shape index (κ3) is 3.75. The second kappa shape index (κ2) is 7.03. The standard InChI is InChI=1S/C17H21N/c1-2-9-17(18-14-7-4-8-15-18)13-12-16-10-5-3-6-11-16/h2-3,5-6,10-11,17H,1,4,7-9,14-15H2/p+1/t17-/m0/s1. The molecule has 1 aliphatic heterocycles. The van der Waals surface area contributed by atoms with Crippen molar-refractivity contribution in [3.63, 3.8) is 0 Å². The van der Waals surface area contributed by atoms with Gasteiger partial charge in [0.2, 0.25) is 0 Å². The third-order valence-corrected chi connectivity index (χ3v) is 3.56. The maximum absolute atomic E-state index is 3.87. The van der Waals surface area contributed by atoms with Crippen molar-refractivity contribution in [2.45, 2.75) is 31.7 Å². The Bertz CT molecular complexity index is 418. The lowest BCUT2D eigenvalue weighted by Gasteiger charge is -2.27. The molecule has 0 radical (unpaired) electrons. The number of likely N-dealkylation sites (tertiary alicyclic amines) is 1. The van der Waals surface area contributed by atoms with Crippen LogP contribution in [0.4, 0.5) is 0 Å². The zero-order valence-electron chi connectivity index (χ0n) is 11.0. The van der Waals surface area contributed by atoms with Crippen LogP contribution < -0.4 is 4.90 Å². The molecule has 1 aromatic rings. The molecule has 0 aromatic heterocycles. The minimum Gasteiger partial charge on any atom is -0.322 e. The van der Waals surface area contributed by atoms with Gasteiger partial charge in [0.1, 0.15) is 0 Å². The SMILES string of the molecule is C=CC[C@@H](C#Cc1ccccc1)[NH+]1CCCCC1. The maximum Gasteiger partial charge on any atom is 0.153 e. The molecular weight excluding hydrogens is 218 g/mol. The molecule has 1 aliphatic rings. The summed E-state index contributed by atoms with van der Waals surface area (Å²) >= 11 is 0. The number of rotatable bonds is 3. The second-order valence-corrected chi connectivity index (χ2v) is 4.93. The van der Waals surface area contributed by atoms with Crippen LogP contribution in [0.3, 0.4) is 0 Å². The average molecular weight is 240 g/mol. The largest absolute Gasteiger partial charge is 0.322 e. The van der Waals surface area contributed by atoms with E-state index < -0.39 is 0 Å². The van der Waals surface area contributed by atoms with Gasteiger partial charge in [0.05, 0.1) is 13.1 Å². The molecule has 1 saturated heterocycles. The molecule has 18 heavy (non-hydrogen) atoms. The highest BCUT2D eigenvalue weighted by atomic mass is 15.1. The van der Waals surface area contributed by atoms with Crippen LogP contribution in [-0.2, 0) is 0 Å². The Morgan fingerprint density at radius 3 is 2.56 bits per heavy atom. The highest BCUT2D eigenvalue weighted by Gasteiger charge is 2.21. The van der Waals surface area contributed by atoms with Gasteiger partial charge in [-0.25, -0.2) is 0 Å². The molecule has 1 atom stereocenters. The number of hydrogen-bond donors (Lipinski definition) is 1. The summed E-state index contributed by atoms with van der Waals surface area (Å²) in [6, 6.07) is 10.7. The fraction of sp³-hybridized carbons (Fsp3) is 0.412. The Labute approximate surface area is 111 Å². The van der Waals surface area contributed by atoms with Gasteiger partial charge in [0, 0.05) is 12.0 Å². The molecular formula is C17H22N+. The first-order valence-corrected chi connectivity index (χ1v) is 6.92. The molecule has 0 amide bonds. The molecule has 0 spiro atoms. The monoisotopic (exact) mass is 240 g/mol. The van der Waals surface area contributed by atoms with E-state index in [1.807, 2.05) is 24.3 Å². The first-order chi connectivity index (χ1) is 8.90. The maximum atomic E-state index is 3.87. The molecule has 1 nitrogen and oxygen atoms in total. The third-order valence-electron chi connectivity index (χ3n) is 3.56. The quantitative estimate of drug-likeness (QED) is 0.609. The van der Waals surface area contributed by atoms with Crippen LogP contribution in [0.25, 0.3) is 0 Å². The van der Waals surface area contributed by atoms with Crippen molar-refractivity contribution in [2.24, 2.45) is 0 Å². The van der Waals surface area contributed by atoms with Crippen molar-refractivity contribution in [1.82, 2.24) is 0 Å². The highest BCUT2D eigenvalue weighted by molar-refractivity contribution is 5.34. The summed E-state index contributed by atoms with van der Waals surface area (Å²) < 4.78 is 0. The molecule has 0 bridgehead atoms. The molecule has 1 heteroatoms. The van der Waals surface area contributed by atoms with Crippen LogP contribution in [0, 0.1) is 11.8 Å². The fourth-order valence-electron chi connectivity index (χ4n) is 2.54. The Morgan fingerprint density at radius 1 is 1.17 bits per heavy atom. The smallest absolute Gasteiger partial charge is 0.153 e. The first-order valence-electron chi connectivity index (χ1n) is 6.92. The van der Waals surface area contributed by atoms with Crippen LogP contribution in [0.15, 0.2) is 43.0 Å². The molecule has 0 aliphatic carbocycles. The van der Waals surface area contributed by atoms with Crippen molar-refractivity contribution < 1.29 is 4.90 Å². The number of hydrogen-bond acceptors (Lipinski definition) is 0. The van der Waals surface area contributed by atoms with Crippen molar-refractivity contribution >= 4 is 0 Å². The summed E-state index contributed by atoms with van der Waals surface area (Å²) in [7, 11) is 0. The van der Waals surface area contributed by atoms with E-state index in [9.17, 15) is 0 Å². The average Bonchev–Trinajstić information content (AvgIpc) is 2.45. The summed E-state index contributed by atoms with van der Waals surface area (Å²) in [5, 5.41) is 0. The van der Waals surface area contributed by atoms with E-state index in [0.717, 1.165) is 12.0 Å². The van der Waals surface area contributed by atoms with Gasteiger partial charge >= 0.3 is 0 Å². The topological polar surface area (TPSA) is 4.44 Å². The molecule has 1 N–H and O–H groups in total. The van der Waals surface area contributed by atoms with Gasteiger partial charge < -0.3 is 4.90 Å². The predicted molar refractivity (Wildman–Crippen MR) is 76.5 cm³/mol. The second-order valence-electron chi connectivity index (χ2n) is 4.93. The summed E-state index contributed by atoms with van der Waals surface area (Å²) in [5.41, 5.74) is 1.11. The van der Waals surface area contributed by atoms with Crippen LogP contribution in [0.1, 0.15) is 31.2 Å². The van der Waals surface area contributed by atoms with E-state index in [1.165, 1.54) is 32.4 Å². The van der Waals surface area contributed by atoms with E-state index in [-0.39, 0.29) is 0 Å². The van der Waals surface area contributed by atoms with Gasteiger partial charge in [-0.3, -0.25) is 0 Å². The minimum absolute atomic E-state index is 0.419. The number of nitrogens with one attached hydrogen (secondary N) is 1.